The minimum atomic E-state index is -3.01. The van der Waals surface area contributed by atoms with Gasteiger partial charge in [-0.3, -0.25) is 4.40 Å². The number of ether oxygens (including phenoxy) is 1. The molecule has 0 spiro atoms. The summed E-state index contributed by atoms with van der Waals surface area (Å²) in [4.78, 5) is 7.12. The molecule has 0 amide bonds. The van der Waals surface area contributed by atoms with Crippen LogP contribution in [0, 0.1) is 0 Å². The lowest BCUT2D eigenvalue weighted by molar-refractivity contribution is 0.458. The van der Waals surface area contributed by atoms with Crippen molar-refractivity contribution in [3.05, 3.63) is 169 Å². The Morgan fingerprint density at radius 3 is 2.02 bits per heavy atom. The van der Waals surface area contributed by atoms with Crippen LogP contribution in [0.4, 0.5) is 0 Å². The number of rotatable bonds is 5. The SMILES string of the molecule is CC(C)(C)c1cc([Si](c2ccccc2)(c2ccccc2)c2cccc3c2Oc2ccccc2S3)ccc1-c1cccc2c1oc1nc3ccccc3n12. The molecule has 9 aromatic rings. The maximum atomic E-state index is 6.96. The highest BCUT2D eigenvalue weighted by Crippen LogP contribution is 2.47. The molecule has 7 aromatic carbocycles. The average Bonchev–Trinajstić information content (AvgIpc) is 3.74. The molecule has 3 heterocycles. The van der Waals surface area contributed by atoms with Crippen LogP contribution in [-0.2, 0) is 5.41 Å². The van der Waals surface area contributed by atoms with Gasteiger partial charge in [0.1, 0.15) is 11.5 Å². The fourth-order valence-corrected chi connectivity index (χ4v) is 14.2. The van der Waals surface area contributed by atoms with Gasteiger partial charge in [0.2, 0.25) is 0 Å². The molecule has 1 aliphatic rings. The summed E-state index contributed by atoms with van der Waals surface area (Å²) in [7, 11) is -3.01. The summed E-state index contributed by atoms with van der Waals surface area (Å²) in [5.74, 6) is 2.46. The lowest BCUT2D eigenvalue weighted by Crippen LogP contribution is -2.75. The second-order valence-corrected chi connectivity index (χ2v) is 19.6. The zero-order valence-corrected chi connectivity index (χ0v) is 31.5. The summed E-state index contributed by atoms with van der Waals surface area (Å²) in [6.45, 7) is 6.94. The van der Waals surface area contributed by atoms with Crippen molar-refractivity contribution in [2.45, 2.75) is 36.0 Å². The Morgan fingerprint density at radius 1 is 0.585 bits per heavy atom. The third kappa shape index (κ3) is 4.93. The Balaban J connectivity index is 1.26. The summed E-state index contributed by atoms with van der Waals surface area (Å²) >= 11 is 1.79. The van der Waals surface area contributed by atoms with Crippen molar-refractivity contribution in [2.24, 2.45) is 0 Å². The summed E-state index contributed by atoms with van der Waals surface area (Å²) in [5.41, 5.74) is 7.11. The molecule has 0 N–H and O–H groups in total. The van der Waals surface area contributed by atoms with E-state index >= 15 is 0 Å². The van der Waals surface area contributed by atoms with E-state index in [1.54, 1.807) is 11.8 Å². The van der Waals surface area contributed by atoms with Crippen LogP contribution in [0.15, 0.2) is 178 Å². The quantitative estimate of drug-likeness (QED) is 0.131. The number of imidazole rings is 1. The largest absolute Gasteiger partial charge is 0.455 e. The van der Waals surface area contributed by atoms with Crippen LogP contribution in [0.2, 0.25) is 0 Å². The third-order valence-corrected chi connectivity index (χ3v) is 16.5. The zero-order chi connectivity index (χ0) is 35.7. The molecule has 0 saturated heterocycles. The van der Waals surface area contributed by atoms with E-state index in [1.807, 2.05) is 12.1 Å². The van der Waals surface area contributed by atoms with E-state index in [4.69, 9.17) is 14.1 Å². The highest BCUT2D eigenvalue weighted by molar-refractivity contribution is 7.99. The molecule has 0 saturated carbocycles. The van der Waals surface area contributed by atoms with Crippen molar-refractivity contribution >= 4 is 68.6 Å². The Bertz CT molecular complexity index is 2800. The Morgan fingerprint density at radius 2 is 1.25 bits per heavy atom. The van der Waals surface area contributed by atoms with Crippen LogP contribution >= 0.6 is 11.8 Å². The maximum absolute atomic E-state index is 6.96. The Kier molecular flexibility index (Phi) is 7.29. The fourth-order valence-electron chi connectivity index (χ4n) is 8.24. The molecule has 1 aliphatic heterocycles. The molecular formula is C47H36N2O2SSi. The molecule has 6 heteroatoms. The van der Waals surface area contributed by atoms with Crippen LogP contribution in [0.3, 0.4) is 0 Å². The van der Waals surface area contributed by atoms with Gasteiger partial charge in [-0.15, -0.1) is 0 Å². The van der Waals surface area contributed by atoms with Crippen molar-refractivity contribution in [3.63, 3.8) is 0 Å². The van der Waals surface area contributed by atoms with Crippen molar-refractivity contribution < 1.29 is 9.15 Å². The molecule has 10 rings (SSSR count). The second-order valence-electron chi connectivity index (χ2n) is 14.8. The van der Waals surface area contributed by atoms with Crippen molar-refractivity contribution in [1.82, 2.24) is 9.38 Å². The van der Waals surface area contributed by atoms with Gasteiger partial charge in [0.15, 0.2) is 13.7 Å². The second kappa shape index (κ2) is 12.1. The van der Waals surface area contributed by atoms with Crippen LogP contribution in [-0.4, -0.2) is 17.5 Å². The van der Waals surface area contributed by atoms with E-state index in [-0.39, 0.29) is 5.41 Å². The van der Waals surface area contributed by atoms with Gasteiger partial charge < -0.3 is 9.15 Å². The van der Waals surface area contributed by atoms with E-state index < -0.39 is 8.07 Å². The van der Waals surface area contributed by atoms with Gasteiger partial charge in [-0.1, -0.05) is 160 Å². The standard InChI is InChI=1S/C47H36N2O2SSi/c1-47(2,3)36-30-33(28-29-34(36)35-20-14-23-39-44(35)51-46-48-37-21-10-11-22-38(37)49(39)46)53(31-16-6-4-7-17-31,32-18-8-5-9-19-32)43-27-15-26-42-45(43)50-40-24-12-13-25-41(40)52-42/h4-30H,1-3H3. The molecular weight excluding hydrogens is 685 g/mol. The first-order valence-corrected chi connectivity index (χ1v) is 20.9. The normalized spacial score (nSPS) is 12.9. The first-order chi connectivity index (χ1) is 25.9. The van der Waals surface area contributed by atoms with Gasteiger partial charge in [0, 0.05) is 5.56 Å². The molecule has 0 aliphatic carbocycles. The minimum absolute atomic E-state index is 0.193. The molecule has 0 radical (unpaired) electrons. The van der Waals surface area contributed by atoms with E-state index in [0.717, 1.165) is 54.6 Å². The lowest BCUT2D eigenvalue weighted by atomic mass is 9.81. The van der Waals surface area contributed by atoms with E-state index in [9.17, 15) is 0 Å². The summed E-state index contributed by atoms with van der Waals surface area (Å²) < 4.78 is 15.7. The number of nitrogens with zero attached hydrogens (tertiary/aromatic N) is 2. The molecule has 53 heavy (non-hydrogen) atoms. The zero-order valence-electron chi connectivity index (χ0n) is 29.7. The molecule has 256 valence electrons. The highest BCUT2D eigenvalue weighted by Gasteiger charge is 2.45. The van der Waals surface area contributed by atoms with Crippen molar-refractivity contribution in [2.75, 3.05) is 0 Å². The topological polar surface area (TPSA) is 39.7 Å². The van der Waals surface area contributed by atoms with E-state index in [0.29, 0.717) is 5.84 Å². The Hall–Kier alpha value is -5.82. The number of fused-ring (bicyclic) bond motifs is 7. The van der Waals surface area contributed by atoms with Gasteiger partial charge in [-0.25, -0.2) is 0 Å². The molecule has 0 bridgehead atoms. The summed E-state index contributed by atoms with van der Waals surface area (Å²) in [6.07, 6.45) is 0. The van der Waals surface area contributed by atoms with Crippen LogP contribution in [0.25, 0.3) is 39.1 Å². The smallest absolute Gasteiger partial charge is 0.307 e. The van der Waals surface area contributed by atoms with Crippen LogP contribution in [0.5, 0.6) is 11.5 Å². The lowest BCUT2D eigenvalue weighted by Gasteiger charge is -2.38. The van der Waals surface area contributed by atoms with Gasteiger partial charge in [0.05, 0.1) is 26.3 Å². The van der Waals surface area contributed by atoms with Gasteiger partial charge in [-0.2, -0.15) is 4.98 Å². The number of para-hydroxylation sites is 5. The molecule has 0 unspecified atom stereocenters. The van der Waals surface area contributed by atoms with Gasteiger partial charge in [0.25, 0.3) is 0 Å². The first kappa shape index (κ1) is 31.9. The molecule has 0 atom stereocenters. The van der Waals surface area contributed by atoms with Crippen LogP contribution < -0.4 is 25.5 Å². The molecule has 0 fully saturated rings. The summed E-state index contributed by atoms with van der Waals surface area (Å²) in [5, 5.41) is 5.15. The molecule has 2 aromatic heterocycles. The Labute approximate surface area is 313 Å². The number of benzene rings is 7. The highest BCUT2D eigenvalue weighted by atomic mass is 32.2. The van der Waals surface area contributed by atoms with Gasteiger partial charge in [-0.05, 0) is 73.7 Å². The van der Waals surface area contributed by atoms with E-state index in [1.165, 1.54) is 26.3 Å². The van der Waals surface area contributed by atoms with Crippen molar-refractivity contribution in [1.29, 1.82) is 0 Å². The third-order valence-electron chi connectivity index (χ3n) is 10.6. The predicted molar refractivity (Wildman–Crippen MR) is 221 cm³/mol. The fraction of sp³-hybridized carbons (Fsp3) is 0.0851. The monoisotopic (exact) mass is 720 g/mol. The number of aromatic nitrogens is 2. The summed E-state index contributed by atoms with van der Waals surface area (Å²) in [6, 6.07) is 59.2. The van der Waals surface area contributed by atoms with Crippen molar-refractivity contribution in [3.8, 4) is 22.6 Å². The number of hydrogen-bond donors (Lipinski definition) is 0. The first-order valence-electron chi connectivity index (χ1n) is 18.0. The maximum Gasteiger partial charge on any atom is 0.307 e. The number of oxazole rings is 1. The van der Waals surface area contributed by atoms with E-state index in [2.05, 4.69) is 177 Å². The average molecular weight is 721 g/mol. The minimum Gasteiger partial charge on any atom is -0.455 e. The number of hydrogen-bond acceptors (Lipinski definition) is 4. The van der Waals surface area contributed by atoms with Gasteiger partial charge >= 0.3 is 5.84 Å². The predicted octanol–water partition coefficient (Wildman–Crippen LogP) is 9.83. The molecule has 4 nitrogen and oxygen atoms in total. The van der Waals surface area contributed by atoms with Crippen LogP contribution in [0.1, 0.15) is 26.3 Å².